The topological polar surface area (TPSA) is 71.1 Å². The van der Waals surface area contributed by atoms with E-state index in [9.17, 15) is 9.59 Å². The van der Waals surface area contributed by atoms with E-state index in [1.807, 2.05) is 78.9 Å². The number of allylic oxidation sites excluding steroid dienone is 2. The molecule has 5 rings (SSSR count). The van der Waals surface area contributed by atoms with Crippen LogP contribution in [-0.4, -0.2) is 16.8 Å². The number of aromatic nitrogens is 1. The predicted octanol–water partition coefficient (Wildman–Crippen LogP) is 8.22. The highest BCUT2D eigenvalue weighted by Gasteiger charge is 2.35. The van der Waals surface area contributed by atoms with E-state index in [0.717, 1.165) is 81.6 Å². The summed E-state index contributed by atoms with van der Waals surface area (Å²) in [6.45, 7) is 8.35. The van der Waals surface area contributed by atoms with Crippen molar-refractivity contribution in [3.8, 4) is 0 Å². The maximum Gasteiger partial charge on any atom is 0.256 e. The summed E-state index contributed by atoms with van der Waals surface area (Å²) in [4.78, 5) is 33.4. The number of benzene rings is 3. The van der Waals surface area contributed by atoms with E-state index in [4.69, 9.17) is 0 Å². The van der Waals surface area contributed by atoms with Gasteiger partial charge in [0.15, 0.2) is 0 Å². The smallest absolute Gasteiger partial charge is 0.256 e. The van der Waals surface area contributed by atoms with Gasteiger partial charge in [-0.05, 0) is 76.3 Å². The summed E-state index contributed by atoms with van der Waals surface area (Å²) in [7, 11) is 0. The zero-order chi connectivity index (χ0) is 30.3. The Bertz CT molecular complexity index is 1530. The molecule has 2 N–H and O–H groups in total. The van der Waals surface area contributed by atoms with Crippen LogP contribution in [0.4, 0.5) is 11.4 Å². The van der Waals surface area contributed by atoms with Crippen LogP contribution in [0.25, 0.3) is 11.1 Å². The number of nitrogens with one attached hydrogen (secondary N) is 2. The van der Waals surface area contributed by atoms with Crippen LogP contribution in [0.1, 0.15) is 67.5 Å². The molecule has 0 spiro atoms. The molecule has 1 aliphatic carbocycles. The van der Waals surface area contributed by atoms with Crippen molar-refractivity contribution in [2.75, 3.05) is 10.6 Å². The van der Waals surface area contributed by atoms with Crippen molar-refractivity contribution in [3.63, 3.8) is 0 Å². The largest absolute Gasteiger partial charge is 0.321 e. The Morgan fingerprint density at radius 2 is 1.02 bits per heavy atom. The number of nitrogens with zero attached hydrogens (tertiary/aromatic N) is 1. The van der Waals surface area contributed by atoms with Gasteiger partial charge in [0.2, 0.25) is 0 Å². The van der Waals surface area contributed by atoms with E-state index in [-0.39, 0.29) is 11.8 Å². The average Bonchev–Trinajstić information content (AvgIpc) is 3.47. The summed E-state index contributed by atoms with van der Waals surface area (Å²) in [5.74, 6) is -0.567. The normalized spacial score (nSPS) is 12.9. The highest BCUT2D eigenvalue weighted by atomic mass is 16.2. The lowest BCUT2D eigenvalue weighted by molar-refractivity contribution is -0.115. The van der Waals surface area contributed by atoms with Crippen LogP contribution in [0.2, 0.25) is 0 Å². The molecule has 0 atom stereocenters. The Balaban J connectivity index is 1.70. The van der Waals surface area contributed by atoms with E-state index >= 15 is 0 Å². The summed E-state index contributed by atoms with van der Waals surface area (Å²) < 4.78 is 0. The first-order valence-corrected chi connectivity index (χ1v) is 15.3. The highest BCUT2D eigenvalue weighted by Crippen LogP contribution is 2.44. The lowest BCUT2D eigenvalue weighted by Gasteiger charge is -2.19. The van der Waals surface area contributed by atoms with Crippen molar-refractivity contribution in [1.82, 2.24) is 4.98 Å². The highest BCUT2D eigenvalue weighted by molar-refractivity contribution is 6.28. The van der Waals surface area contributed by atoms with Crippen molar-refractivity contribution in [3.05, 3.63) is 136 Å². The fourth-order valence-electron chi connectivity index (χ4n) is 5.99. The number of aryl methyl sites for hydroxylation is 4. The molecule has 0 radical (unpaired) electrons. The molecule has 4 aromatic rings. The summed E-state index contributed by atoms with van der Waals surface area (Å²) >= 11 is 0. The van der Waals surface area contributed by atoms with Crippen molar-refractivity contribution in [2.24, 2.45) is 0 Å². The summed E-state index contributed by atoms with van der Waals surface area (Å²) in [5, 5.41) is 6.52. The number of anilines is 2. The Morgan fingerprint density at radius 1 is 0.581 bits per heavy atom. The number of hydrogen-bond donors (Lipinski definition) is 2. The lowest BCUT2D eigenvalue weighted by atomic mass is 9.96. The van der Waals surface area contributed by atoms with E-state index in [2.05, 4.69) is 43.3 Å². The maximum absolute atomic E-state index is 14.5. The lowest BCUT2D eigenvalue weighted by Crippen LogP contribution is -2.25. The molecule has 5 heteroatoms. The number of pyridine rings is 1. The van der Waals surface area contributed by atoms with Crippen molar-refractivity contribution < 1.29 is 9.59 Å². The summed E-state index contributed by atoms with van der Waals surface area (Å²) in [6.07, 6.45) is 7.06. The van der Waals surface area contributed by atoms with Gasteiger partial charge in [-0.3, -0.25) is 14.6 Å². The van der Waals surface area contributed by atoms with E-state index in [1.165, 1.54) is 0 Å². The summed E-state index contributed by atoms with van der Waals surface area (Å²) in [5.41, 5.74) is 10.1. The third-order valence-corrected chi connectivity index (χ3v) is 8.27. The fraction of sp³-hybridized carbons (Fsp3) is 0.237. The van der Waals surface area contributed by atoms with E-state index < -0.39 is 0 Å². The maximum atomic E-state index is 14.5. The SMILES string of the molecule is CCc1cccc(CC)c1NC(=O)C1=C(c2ccccc2)CC(c2cccnc2)=C1C(=O)Nc1c(CC)cccc1CC. The minimum Gasteiger partial charge on any atom is -0.321 e. The van der Waals surface area contributed by atoms with Crippen LogP contribution in [0, 0.1) is 0 Å². The zero-order valence-electron chi connectivity index (χ0n) is 25.5. The second-order valence-corrected chi connectivity index (χ2v) is 10.7. The van der Waals surface area contributed by atoms with Gasteiger partial charge < -0.3 is 10.6 Å². The van der Waals surface area contributed by atoms with Gasteiger partial charge in [-0.2, -0.15) is 0 Å². The second kappa shape index (κ2) is 13.5. The molecule has 218 valence electrons. The van der Waals surface area contributed by atoms with Crippen molar-refractivity contribution >= 4 is 34.3 Å². The Kier molecular flexibility index (Phi) is 9.31. The number of carbonyl (C=O) groups excluding carboxylic acids is 2. The van der Waals surface area contributed by atoms with Crippen molar-refractivity contribution in [2.45, 2.75) is 59.8 Å². The van der Waals surface area contributed by atoms with Crippen LogP contribution in [0.3, 0.4) is 0 Å². The molecule has 0 saturated heterocycles. The molecular formula is C38H39N3O2. The third kappa shape index (κ3) is 6.07. The predicted molar refractivity (Wildman–Crippen MR) is 177 cm³/mol. The van der Waals surface area contributed by atoms with Gasteiger partial charge >= 0.3 is 0 Å². The Labute approximate surface area is 254 Å². The number of hydrogen-bond acceptors (Lipinski definition) is 3. The van der Waals surface area contributed by atoms with Gasteiger partial charge in [0.1, 0.15) is 0 Å². The fourth-order valence-corrected chi connectivity index (χ4v) is 5.99. The first kappa shape index (κ1) is 29.7. The molecular weight excluding hydrogens is 530 g/mol. The first-order valence-electron chi connectivity index (χ1n) is 15.3. The molecule has 43 heavy (non-hydrogen) atoms. The zero-order valence-corrected chi connectivity index (χ0v) is 25.5. The van der Waals surface area contributed by atoms with Gasteiger partial charge in [-0.15, -0.1) is 0 Å². The number of carbonyl (C=O) groups is 2. The number of rotatable bonds is 10. The average molecular weight is 570 g/mol. The molecule has 0 fully saturated rings. The van der Waals surface area contributed by atoms with Crippen LogP contribution in [0.5, 0.6) is 0 Å². The monoisotopic (exact) mass is 569 g/mol. The molecule has 0 saturated carbocycles. The standard InChI is InChI=1S/C38H39N3O2/c1-5-25-17-12-18-26(6-2)35(25)40-37(42)33-31(29-15-10-9-11-16-29)23-32(30-21-14-22-39-24-30)34(33)38(43)41-36-27(7-3)19-13-20-28(36)8-4/h9-22,24H,5-8,23H2,1-4H3,(H,40,42)(H,41,43). The second-order valence-electron chi connectivity index (χ2n) is 10.7. The molecule has 2 amide bonds. The number of para-hydroxylation sites is 2. The van der Waals surface area contributed by atoms with Crippen LogP contribution >= 0.6 is 0 Å². The van der Waals surface area contributed by atoms with Gasteiger partial charge in [0.25, 0.3) is 11.8 Å². The summed E-state index contributed by atoms with van der Waals surface area (Å²) in [6, 6.07) is 26.0. The molecule has 1 aliphatic rings. The van der Waals surface area contributed by atoms with E-state index in [1.54, 1.807) is 12.4 Å². The van der Waals surface area contributed by atoms with E-state index in [0.29, 0.717) is 17.6 Å². The van der Waals surface area contributed by atoms with Crippen LogP contribution < -0.4 is 10.6 Å². The van der Waals surface area contributed by atoms with Gasteiger partial charge in [-0.1, -0.05) is 100 Å². The molecule has 5 nitrogen and oxygen atoms in total. The Morgan fingerprint density at radius 3 is 1.44 bits per heavy atom. The molecule has 0 unspecified atom stereocenters. The van der Waals surface area contributed by atoms with Gasteiger partial charge in [0, 0.05) is 30.2 Å². The quantitative estimate of drug-likeness (QED) is 0.202. The van der Waals surface area contributed by atoms with Gasteiger partial charge in [0.05, 0.1) is 11.1 Å². The molecule has 1 aromatic heterocycles. The third-order valence-electron chi connectivity index (χ3n) is 8.27. The molecule has 3 aromatic carbocycles. The minimum atomic E-state index is -0.287. The Hall–Kier alpha value is -4.77. The molecule has 0 bridgehead atoms. The van der Waals surface area contributed by atoms with Crippen molar-refractivity contribution in [1.29, 1.82) is 0 Å². The molecule has 1 heterocycles. The minimum absolute atomic E-state index is 0.280. The van der Waals surface area contributed by atoms with Crippen LogP contribution in [0.15, 0.2) is 102 Å². The number of amides is 2. The first-order chi connectivity index (χ1) is 21.0. The van der Waals surface area contributed by atoms with Crippen LogP contribution in [-0.2, 0) is 35.3 Å². The molecule has 0 aliphatic heterocycles. The van der Waals surface area contributed by atoms with Gasteiger partial charge in [-0.25, -0.2) is 0 Å².